The summed E-state index contributed by atoms with van der Waals surface area (Å²) in [5.74, 6) is -0.144. The van der Waals surface area contributed by atoms with Gasteiger partial charge in [-0.15, -0.1) is 11.3 Å². The van der Waals surface area contributed by atoms with Crippen LogP contribution >= 0.6 is 23.1 Å². The number of hydrogen-bond donors (Lipinski definition) is 1. The van der Waals surface area contributed by atoms with Crippen molar-refractivity contribution >= 4 is 29.1 Å². The Hall–Kier alpha value is -0.550. The highest BCUT2D eigenvalue weighted by molar-refractivity contribution is 8.01. The topological polar surface area (TPSA) is 50.2 Å². The third-order valence-electron chi connectivity index (χ3n) is 3.58. The lowest BCUT2D eigenvalue weighted by Crippen LogP contribution is -2.32. The standard InChI is InChI=1S/C13H19NO2S2/c1-2-3-9-4-5-10(12(15)16)11(8-9)18-13-14-6-7-17-13/h6-7,9-11H,2-5,8H2,1H3,(H,15,16). The molecule has 18 heavy (non-hydrogen) atoms. The molecule has 1 fully saturated rings. The molecule has 3 atom stereocenters. The fourth-order valence-corrected chi connectivity index (χ4v) is 4.98. The second-order valence-corrected chi connectivity index (χ2v) is 7.25. The first-order valence-electron chi connectivity index (χ1n) is 6.49. The zero-order valence-electron chi connectivity index (χ0n) is 10.5. The number of carboxylic acids is 1. The van der Waals surface area contributed by atoms with Gasteiger partial charge in [-0.1, -0.05) is 31.5 Å². The van der Waals surface area contributed by atoms with Crippen LogP contribution in [0.15, 0.2) is 15.9 Å². The maximum atomic E-state index is 11.3. The molecule has 3 nitrogen and oxygen atoms in total. The van der Waals surface area contributed by atoms with Gasteiger partial charge in [-0.05, 0) is 25.2 Å². The van der Waals surface area contributed by atoms with E-state index in [1.54, 1.807) is 29.3 Å². The van der Waals surface area contributed by atoms with E-state index in [-0.39, 0.29) is 11.2 Å². The first-order chi connectivity index (χ1) is 8.70. The number of nitrogens with zero attached hydrogens (tertiary/aromatic N) is 1. The minimum atomic E-state index is -0.640. The molecular formula is C13H19NO2S2. The molecule has 0 radical (unpaired) electrons. The van der Waals surface area contributed by atoms with Gasteiger partial charge in [0.25, 0.3) is 0 Å². The molecule has 0 spiro atoms. The highest BCUT2D eigenvalue weighted by atomic mass is 32.2. The monoisotopic (exact) mass is 285 g/mol. The normalized spacial score (nSPS) is 28.2. The Morgan fingerprint density at radius 3 is 3.06 bits per heavy atom. The van der Waals surface area contributed by atoms with Gasteiger partial charge < -0.3 is 5.11 Å². The minimum Gasteiger partial charge on any atom is -0.481 e. The molecule has 0 amide bonds. The number of aromatic nitrogens is 1. The Balaban J connectivity index is 2.02. The molecule has 1 saturated carbocycles. The second kappa shape index (κ2) is 6.57. The van der Waals surface area contributed by atoms with Crippen molar-refractivity contribution in [3.8, 4) is 0 Å². The number of hydrogen-bond acceptors (Lipinski definition) is 4. The van der Waals surface area contributed by atoms with Crippen LogP contribution in [0.4, 0.5) is 0 Å². The summed E-state index contributed by atoms with van der Waals surface area (Å²) in [6, 6.07) is 0. The van der Waals surface area contributed by atoms with E-state index in [9.17, 15) is 9.90 Å². The third kappa shape index (κ3) is 3.48. The predicted octanol–water partition coefficient (Wildman–Crippen LogP) is 3.90. The molecule has 1 aliphatic carbocycles. The lowest BCUT2D eigenvalue weighted by atomic mass is 9.80. The summed E-state index contributed by atoms with van der Waals surface area (Å²) in [4.78, 5) is 15.6. The van der Waals surface area contributed by atoms with Crippen LogP contribution in [0.1, 0.15) is 39.0 Å². The smallest absolute Gasteiger partial charge is 0.307 e. The summed E-state index contributed by atoms with van der Waals surface area (Å²) < 4.78 is 1.00. The molecule has 0 saturated heterocycles. The highest BCUT2D eigenvalue weighted by Crippen LogP contribution is 2.41. The van der Waals surface area contributed by atoms with Gasteiger partial charge in [-0.3, -0.25) is 4.79 Å². The van der Waals surface area contributed by atoms with E-state index in [4.69, 9.17) is 0 Å². The fraction of sp³-hybridized carbons (Fsp3) is 0.692. The van der Waals surface area contributed by atoms with Crippen LogP contribution in [0.2, 0.25) is 0 Å². The van der Waals surface area contributed by atoms with Crippen LogP contribution in [0.25, 0.3) is 0 Å². The molecule has 1 aromatic rings. The van der Waals surface area contributed by atoms with Crippen LogP contribution in [0, 0.1) is 11.8 Å². The van der Waals surface area contributed by atoms with Gasteiger partial charge in [0, 0.05) is 16.8 Å². The summed E-state index contributed by atoms with van der Waals surface area (Å²) in [7, 11) is 0. The van der Waals surface area contributed by atoms with Crippen molar-refractivity contribution in [2.24, 2.45) is 11.8 Å². The van der Waals surface area contributed by atoms with E-state index in [2.05, 4.69) is 11.9 Å². The predicted molar refractivity (Wildman–Crippen MR) is 75.1 cm³/mol. The molecule has 0 aliphatic heterocycles. The van der Waals surface area contributed by atoms with E-state index in [0.717, 1.165) is 23.6 Å². The Kier molecular flexibility index (Phi) is 5.06. The lowest BCUT2D eigenvalue weighted by molar-refractivity contribution is -0.142. The van der Waals surface area contributed by atoms with Crippen molar-refractivity contribution < 1.29 is 9.90 Å². The van der Waals surface area contributed by atoms with Gasteiger partial charge in [-0.25, -0.2) is 4.98 Å². The fourth-order valence-electron chi connectivity index (χ4n) is 2.69. The average Bonchev–Trinajstić information content (AvgIpc) is 2.82. The lowest BCUT2D eigenvalue weighted by Gasteiger charge is -2.33. The molecule has 1 heterocycles. The molecule has 0 aromatic carbocycles. The van der Waals surface area contributed by atoms with Crippen molar-refractivity contribution in [1.82, 2.24) is 4.98 Å². The molecular weight excluding hydrogens is 266 g/mol. The number of carbonyl (C=O) groups is 1. The van der Waals surface area contributed by atoms with Gasteiger partial charge in [0.2, 0.25) is 0 Å². The van der Waals surface area contributed by atoms with E-state index in [1.807, 2.05) is 5.38 Å². The van der Waals surface area contributed by atoms with Gasteiger partial charge in [-0.2, -0.15) is 0 Å². The molecule has 2 rings (SSSR count). The van der Waals surface area contributed by atoms with Gasteiger partial charge in [0.1, 0.15) is 4.34 Å². The SMILES string of the molecule is CCCC1CCC(C(=O)O)C(Sc2nccs2)C1. The van der Waals surface area contributed by atoms with Gasteiger partial charge >= 0.3 is 5.97 Å². The molecule has 0 bridgehead atoms. The number of aliphatic carboxylic acids is 1. The number of thioether (sulfide) groups is 1. The number of carboxylic acid groups (broad SMARTS) is 1. The van der Waals surface area contributed by atoms with E-state index >= 15 is 0 Å². The van der Waals surface area contributed by atoms with Crippen molar-refractivity contribution in [3.05, 3.63) is 11.6 Å². The van der Waals surface area contributed by atoms with Crippen LogP contribution in [-0.2, 0) is 4.79 Å². The third-order valence-corrected chi connectivity index (χ3v) is 5.85. The molecule has 3 unspecified atom stereocenters. The molecule has 1 N–H and O–H groups in total. The molecule has 1 aromatic heterocycles. The number of rotatable bonds is 5. The second-order valence-electron chi connectivity index (χ2n) is 4.87. The van der Waals surface area contributed by atoms with Crippen LogP contribution in [-0.4, -0.2) is 21.3 Å². The largest absolute Gasteiger partial charge is 0.481 e. The van der Waals surface area contributed by atoms with Crippen LogP contribution in [0.5, 0.6) is 0 Å². The Labute approximate surface area is 116 Å². The summed E-state index contributed by atoms with van der Waals surface area (Å²) in [6.07, 6.45) is 7.12. The van der Waals surface area contributed by atoms with Crippen molar-refractivity contribution in [2.75, 3.05) is 0 Å². The maximum absolute atomic E-state index is 11.3. The molecule has 100 valence electrons. The van der Waals surface area contributed by atoms with Crippen molar-refractivity contribution in [3.63, 3.8) is 0 Å². The number of thiazole rings is 1. The molecule has 1 aliphatic rings. The first-order valence-corrected chi connectivity index (χ1v) is 8.25. The first kappa shape index (κ1) is 13.9. The average molecular weight is 285 g/mol. The van der Waals surface area contributed by atoms with E-state index in [1.165, 1.54) is 12.8 Å². The molecule has 5 heteroatoms. The van der Waals surface area contributed by atoms with Crippen LogP contribution in [0.3, 0.4) is 0 Å². The summed E-state index contributed by atoms with van der Waals surface area (Å²) in [5.41, 5.74) is 0. The highest BCUT2D eigenvalue weighted by Gasteiger charge is 2.35. The quantitative estimate of drug-likeness (QED) is 0.891. The van der Waals surface area contributed by atoms with Crippen LogP contribution < -0.4 is 0 Å². The Bertz CT molecular complexity index is 380. The van der Waals surface area contributed by atoms with Gasteiger partial charge in [0.05, 0.1) is 5.92 Å². The summed E-state index contributed by atoms with van der Waals surface area (Å²) in [5, 5.41) is 11.5. The van der Waals surface area contributed by atoms with Crippen molar-refractivity contribution in [1.29, 1.82) is 0 Å². The zero-order valence-corrected chi connectivity index (χ0v) is 12.2. The maximum Gasteiger partial charge on any atom is 0.307 e. The minimum absolute atomic E-state index is 0.193. The van der Waals surface area contributed by atoms with Gasteiger partial charge in [0.15, 0.2) is 0 Å². The summed E-state index contributed by atoms with van der Waals surface area (Å²) >= 11 is 3.27. The summed E-state index contributed by atoms with van der Waals surface area (Å²) in [6.45, 7) is 2.20. The van der Waals surface area contributed by atoms with E-state index < -0.39 is 5.97 Å². The Morgan fingerprint density at radius 2 is 2.44 bits per heavy atom. The zero-order chi connectivity index (χ0) is 13.0. The Morgan fingerprint density at radius 1 is 1.61 bits per heavy atom. The van der Waals surface area contributed by atoms with E-state index in [0.29, 0.717) is 5.92 Å². The van der Waals surface area contributed by atoms with Crippen molar-refractivity contribution in [2.45, 2.75) is 48.6 Å².